The lowest BCUT2D eigenvalue weighted by Gasteiger charge is -2.30. The molecule has 1 fully saturated rings. The molecule has 0 atom stereocenters. The number of nitrogens with one attached hydrogen (secondary N) is 1. The number of piperidine rings is 1. The van der Waals surface area contributed by atoms with Crippen LogP contribution in [0.5, 0.6) is 0 Å². The van der Waals surface area contributed by atoms with E-state index in [9.17, 15) is 4.79 Å². The fourth-order valence-corrected chi connectivity index (χ4v) is 2.39. The van der Waals surface area contributed by atoms with Crippen LogP contribution in [0.4, 0.5) is 5.82 Å². The Balaban J connectivity index is 2.11. The van der Waals surface area contributed by atoms with E-state index < -0.39 is 0 Å². The monoisotopic (exact) mass is 267 g/mol. The van der Waals surface area contributed by atoms with Gasteiger partial charge in [-0.05, 0) is 24.8 Å². The number of nitrogens with zero attached hydrogens (tertiary/aromatic N) is 2. The first-order valence-corrected chi connectivity index (χ1v) is 6.62. The third-order valence-corrected chi connectivity index (χ3v) is 3.68. The maximum Gasteiger partial charge on any atom is 0.255 e. The van der Waals surface area contributed by atoms with Crippen molar-refractivity contribution >= 4 is 23.3 Å². The third kappa shape index (κ3) is 2.75. The highest BCUT2D eigenvalue weighted by atomic mass is 35.5. The van der Waals surface area contributed by atoms with Crippen molar-refractivity contribution in [3.05, 3.63) is 22.8 Å². The molecule has 0 saturated carbocycles. The zero-order chi connectivity index (χ0) is 13.1. The zero-order valence-corrected chi connectivity index (χ0v) is 11.5. The summed E-state index contributed by atoms with van der Waals surface area (Å²) in [5.41, 5.74) is 0.563. The topological polar surface area (TPSA) is 45.2 Å². The van der Waals surface area contributed by atoms with Crippen LogP contribution in [0.2, 0.25) is 5.02 Å². The normalized spacial score (nSPS) is 16.7. The van der Waals surface area contributed by atoms with Gasteiger partial charge in [-0.3, -0.25) is 4.79 Å². The molecule has 4 nitrogen and oxygen atoms in total. The van der Waals surface area contributed by atoms with Gasteiger partial charge >= 0.3 is 0 Å². The number of likely N-dealkylation sites (tertiary alicyclic amines) is 1. The van der Waals surface area contributed by atoms with Crippen molar-refractivity contribution in [2.24, 2.45) is 5.92 Å². The molecule has 2 rings (SSSR count). The molecule has 1 aromatic heterocycles. The lowest BCUT2D eigenvalue weighted by atomic mass is 9.99. The number of carbonyl (C=O) groups excluding carboxylic acids is 1. The second-order valence-corrected chi connectivity index (χ2v) is 5.19. The maximum absolute atomic E-state index is 12.3. The van der Waals surface area contributed by atoms with Crippen LogP contribution < -0.4 is 5.32 Å². The fourth-order valence-electron chi connectivity index (χ4n) is 2.13. The molecule has 0 radical (unpaired) electrons. The minimum absolute atomic E-state index is 0.0268. The Morgan fingerprint density at radius 1 is 1.50 bits per heavy atom. The van der Waals surface area contributed by atoms with Crippen LogP contribution in [-0.2, 0) is 0 Å². The molecule has 18 heavy (non-hydrogen) atoms. The van der Waals surface area contributed by atoms with Crippen LogP contribution in [0.25, 0.3) is 0 Å². The second kappa shape index (κ2) is 5.57. The summed E-state index contributed by atoms with van der Waals surface area (Å²) in [4.78, 5) is 18.3. The predicted octanol–water partition coefficient (Wildman–Crippen LogP) is 2.65. The van der Waals surface area contributed by atoms with Crippen molar-refractivity contribution < 1.29 is 4.79 Å². The summed E-state index contributed by atoms with van der Waals surface area (Å²) in [5.74, 6) is 1.34. The molecule has 0 bridgehead atoms. The van der Waals surface area contributed by atoms with Crippen molar-refractivity contribution in [2.75, 3.05) is 25.5 Å². The zero-order valence-electron chi connectivity index (χ0n) is 10.7. The molecule has 98 valence electrons. The van der Waals surface area contributed by atoms with Crippen LogP contribution in [0.15, 0.2) is 12.3 Å². The van der Waals surface area contributed by atoms with Crippen molar-refractivity contribution in [1.29, 1.82) is 0 Å². The molecule has 0 aliphatic carbocycles. The van der Waals surface area contributed by atoms with Crippen molar-refractivity contribution in [3.8, 4) is 0 Å². The summed E-state index contributed by atoms with van der Waals surface area (Å²) in [5, 5.41) is 3.36. The van der Waals surface area contributed by atoms with Gasteiger partial charge < -0.3 is 10.2 Å². The Hall–Kier alpha value is -1.29. The molecule has 0 unspecified atom stereocenters. The lowest BCUT2D eigenvalue weighted by molar-refractivity contribution is 0.0697. The fraction of sp³-hybridized carbons (Fsp3) is 0.538. The number of hydrogen-bond donors (Lipinski definition) is 1. The summed E-state index contributed by atoms with van der Waals surface area (Å²) < 4.78 is 0. The average molecular weight is 268 g/mol. The Kier molecular flexibility index (Phi) is 4.07. The second-order valence-electron chi connectivity index (χ2n) is 4.78. The molecule has 5 heteroatoms. The molecular formula is C13H18ClN3O. The van der Waals surface area contributed by atoms with Gasteiger partial charge in [-0.2, -0.15) is 0 Å². The van der Waals surface area contributed by atoms with E-state index in [1.54, 1.807) is 19.3 Å². The number of amides is 1. The van der Waals surface area contributed by atoms with Crippen LogP contribution in [0.3, 0.4) is 0 Å². The summed E-state index contributed by atoms with van der Waals surface area (Å²) in [6, 6.07) is 1.68. The predicted molar refractivity (Wildman–Crippen MR) is 73.1 cm³/mol. The van der Waals surface area contributed by atoms with Crippen LogP contribution in [0.1, 0.15) is 30.1 Å². The molecule has 1 aliphatic rings. The summed E-state index contributed by atoms with van der Waals surface area (Å²) >= 11 is 6.04. The van der Waals surface area contributed by atoms with E-state index in [0.29, 0.717) is 22.3 Å². The quantitative estimate of drug-likeness (QED) is 0.896. The van der Waals surface area contributed by atoms with E-state index in [1.165, 1.54) is 0 Å². The standard InChI is InChI=1S/C13H18ClN3O/c1-9-3-5-17(6-4-9)13(18)10-7-11(14)12(15-2)16-8-10/h7-9H,3-6H2,1-2H3,(H,15,16). The van der Waals surface area contributed by atoms with Crippen molar-refractivity contribution in [2.45, 2.75) is 19.8 Å². The van der Waals surface area contributed by atoms with Crippen LogP contribution in [-0.4, -0.2) is 35.9 Å². The van der Waals surface area contributed by atoms with Gasteiger partial charge in [0.15, 0.2) is 0 Å². The third-order valence-electron chi connectivity index (χ3n) is 3.40. The van der Waals surface area contributed by atoms with Gasteiger partial charge in [0.25, 0.3) is 5.91 Å². The van der Waals surface area contributed by atoms with Crippen molar-refractivity contribution in [3.63, 3.8) is 0 Å². The van der Waals surface area contributed by atoms with Gasteiger partial charge in [0.05, 0.1) is 10.6 Å². The summed E-state index contributed by atoms with van der Waals surface area (Å²) in [6.07, 6.45) is 3.72. The first-order valence-electron chi connectivity index (χ1n) is 6.24. The minimum atomic E-state index is 0.0268. The Morgan fingerprint density at radius 3 is 2.72 bits per heavy atom. The SMILES string of the molecule is CNc1ncc(C(=O)N2CCC(C)CC2)cc1Cl. The molecule has 1 N–H and O–H groups in total. The van der Waals surface area contributed by atoms with Gasteiger partial charge in [0.2, 0.25) is 0 Å². The molecule has 2 heterocycles. The number of anilines is 1. The first-order chi connectivity index (χ1) is 8.61. The Morgan fingerprint density at radius 2 is 2.17 bits per heavy atom. The van der Waals surface area contributed by atoms with E-state index in [4.69, 9.17) is 11.6 Å². The van der Waals surface area contributed by atoms with Gasteiger partial charge in [0.1, 0.15) is 5.82 Å². The Labute approximate surface area is 112 Å². The van der Waals surface area contributed by atoms with E-state index in [0.717, 1.165) is 25.9 Å². The molecule has 1 amide bonds. The summed E-state index contributed by atoms with van der Waals surface area (Å²) in [7, 11) is 1.75. The highest BCUT2D eigenvalue weighted by molar-refractivity contribution is 6.33. The van der Waals surface area contributed by atoms with E-state index in [-0.39, 0.29) is 5.91 Å². The average Bonchev–Trinajstić information content (AvgIpc) is 2.38. The van der Waals surface area contributed by atoms with E-state index in [1.807, 2.05) is 4.90 Å². The summed E-state index contributed by atoms with van der Waals surface area (Å²) in [6.45, 7) is 3.87. The number of aromatic nitrogens is 1. The van der Waals surface area contributed by atoms with Gasteiger partial charge in [-0.25, -0.2) is 4.98 Å². The van der Waals surface area contributed by atoms with Crippen LogP contribution >= 0.6 is 11.6 Å². The van der Waals surface area contributed by atoms with Gasteiger partial charge in [0, 0.05) is 26.3 Å². The molecule has 1 aromatic rings. The smallest absolute Gasteiger partial charge is 0.255 e. The highest BCUT2D eigenvalue weighted by Crippen LogP contribution is 2.22. The van der Waals surface area contributed by atoms with Gasteiger partial charge in [-0.15, -0.1) is 0 Å². The van der Waals surface area contributed by atoms with E-state index >= 15 is 0 Å². The molecule has 0 spiro atoms. The number of hydrogen-bond acceptors (Lipinski definition) is 3. The minimum Gasteiger partial charge on any atom is -0.372 e. The van der Waals surface area contributed by atoms with Gasteiger partial charge in [-0.1, -0.05) is 18.5 Å². The number of carbonyl (C=O) groups is 1. The molecular weight excluding hydrogens is 250 g/mol. The number of rotatable bonds is 2. The van der Waals surface area contributed by atoms with Crippen molar-refractivity contribution in [1.82, 2.24) is 9.88 Å². The Bertz CT molecular complexity index is 442. The first kappa shape index (κ1) is 13.1. The lowest BCUT2D eigenvalue weighted by Crippen LogP contribution is -2.37. The molecule has 1 aliphatic heterocycles. The highest BCUT2D eigenvalue weighted by Gasteiger charge is 2.22. The van der Waals surface area contributed by atoms with Crippen LogP contribution in [0, 0.1) is 5.92 Å². The maximum atomic E-state index is 12.3. The number of halogens is 1. The molecule has 0 aromatic carbocycles. The molecule has 1 saturated heterocycles. The largest absolute Gasteiger partial charge is 0.372 e. The van der Waals surface area contributed by atoms with E-state index in [2.05, 4.69) is 17.2 Å². The number of pyridine rings is 1.